The second kappa shape index (κ2) is 7.57. The molecule has 2 rings (SSSR count). The molecule has 6 nitrogen and oxygen atoms in total. The van der Waals surface area contributed by atoms with Gasteiger partial charge in [0.1, 0.15) is 6.10 Å². The number of methoxy groups -OCH3 is 1. The first-order chi connectivity index (χ1) is 11.0. The Hall–Kier alpha value is -1.92. The number of hydrogen-bond donors (Lipinski definition) is 0. The highest BCUT2D eigenvalue weighted by Crippen LogP contribution is 2.40. The Morgan fingerprint density at radius 2 is 2.00 bits per heavy atom. The van der Waals surface area contributed by atoms with Gasteiger partial charge < -0.3 is 18.9 Å². The number of rotatable bonds is 6. The van der Waals surface area contributed by atoms with E-state index in [-0.39, 0.29) is 13.0 Å². The van der Waals surface area contributed by atoms with Crippen LogP contribution < -0.4 is 0 Å². The Balaban J connectivity index is 1.98. The van der Waals surface area contributed by atoms with Crippen LogP contribution >= 0.6 is 0 Å². The average Bonchev–Trinajstić information content (AvgIpc) is 2.84. The van der Waals surface area contributed by atoms with Gasteiger partial charge in [-0.1, -0.05) is 30.3 Å². The van der Waals surface area contributed by atoms with Gasteiger partial charge in [0, 0.05) is 13.3 Å². The smallest absolute Gasteiger partial charge is 0.314 e. The monoisotopic (exact) mass is 322 g/mol. The molecule has 0 aromatic heterocycles. The van der Waals surface area contributed by atoms with Crippen molar-refractivity contribution in [3.8, 4) is 0 Å². The zero-order chi connectivity index (χ0) is 16.9. The van der Waals surface area contributed by atoms with Crippen molar-refractivity contribution in [1.29, 1.82) is 0 Å². The van der Waals surface area contributed by atoms with Crippen LogP contribution in [0.2, 0.25) is 0 Å². The lowest BCUT2D eigenvalue weighted by atomic mass is 9.83. The van der Waals surface area contributed by atoms with E-state index in [4.69, 9.17) is 18.9 Å². The van der Waals surface area contributed by atoms with Crippen LogP contribution in [0.1, 0.15) is 25.8 Å². The fourth-order valence-electron chi connectivity index (χ4n) is 2.64. The molecule has 126 valence electrons. The van der Waals surface area contributed by atoms with E-state index in [0.717, 1.165) is 5.56 Å². The lowest BCUT2D eigenvalue weighted by Gasteiger charge is -2.26. The summed E-state index contributed by atoms with van der Waals surface area (Å²) < 4.78 is 21.3. The van der Waals surface area contributed by atoms with Crippen LogP contribution in [0.25, 0.3) is 0 Å². The van der Waals surface area contributed by atoms with E-state index in [1.165, 1.54) is 14.0 Å². The first kappa shape index (κ1) is 17.4. The molecule has 0 radical (unpaired) electrons. The molecule has 1 aliphatic heterocycles. The van der Waals surface area contributed by atoms with Crippen molar-refractivity contribution in [3.05, 3.63) is 35.9 Å². The van der Waals surface area contributed by atoms with Gasteiger partial charge in [0.2, 0.25) is 6.29 Å². The van der Waals surface area contributed by atoms with Gasteiger partial charge >= 0.3 is 11.9 Å². The summed E-state index contributed by atoms with van der Waals surface area (Å²) in [5, 5.41) is 0. The van der Waals surface area contributed by atoms with E-state index >= 15 is 0 Å². The van der Waals surface area contributed by atoms with Crippen LogP contribution in [0.3, 0.4) is 0 Å². The minimum absolute atomic E-state index is 0.207. The number of ether oxygens (including phenoxy) is 4. The standard InChI is InChI=1S/C17H22O6/c1-12(18)22-15-9-17(2,16(19)20-3)14(23-15)11-21-10-13-7-5-4-6-8-13/h4-8,14-15H,9-11H2,1-3H3/t14-,15+,17?/m1/s1. The van der Waals surface area contributed by atoms with Crippen LogP contribution in [-0.2, 0) is 35.1 Å². The fourth-order valence-corrected chi connectivity index (χ4v) is 2.64. The summed E-state index contributed by atoms with van der Waals surface area (Å²) in [5.74, 6) is -0.853. The molecule has 0 amide bonds. The van der Waals surface area contributed by atoms with Crippen LogP contribution in [0.15, 0.2) is 30.3 Å². The lowest BCUT2D eigenvalue weighted by Crippen LogP contribution is -2.39. The van der Waals surface area contributed by atoms with Crippen molar-refractivity contribution in [1.82, 2.24) is 0 Å². The van der Waals surface area contributed by atoms with E-state index in [0.29, 0.717) is 6.61 Å². The average molecular weight is 322 g/mol. The molecule has 1 unspecified atom stereocenters. The number of benzene rings is 1. The molecular weight excluding hydrogens is 300 g/mol. The van der Waals surface area contributed by atoms with Gasteiger partial charge in [-0.25, -0.2) is 0 Å². The summed E-state index contributed by atoms with van der Waals surface area (Å²) in [6.45, 7) is 3.66. The van der Waals surface area contributed by atoms with Crippen molar-refractivity contribution in [2.24, 2.45) is 5.41 Å². The molecule has 6 heteroatoms. The van der Waals surface area contributed by atoms with Crippen molar-refractivity contribution in [3.63, 3.8) is 0 Å². The van der Waals surface area contributed by atoms with Gasteiger partial charge in [0.25, 0.3) is 0 Å². The molecule has 0 spiro atoms. The molecule has 3 atom stereocenters. The molecule has 0 bridgehead atoms. The van der Waals surface area contributed by atoms with Crippen molar-refractivity contribution in [2.75, 3.05) is 13.7 Å². The highest BCUT2D eigenvalue weighted by atomic mass is 16.7. The lowest BCUT2D eigenvalue weighted by molar-refractivity contribution is -0.178. The summed E-state index contributed by atoms with van der Waals surface area (Å²) in [5.41, 5.74) is 0.118. The van der Waals surface area contributed by atoms with Crippen molar-refractivity contribution in [2.45, 2.75) is 39.3 Å². The minimum atomic E-state index is -0.911. The third-order valence-electron chi connectivity index (χ3n) is 3.95. The van der Waals surface area contributed by atoms with Crippen molar-refractivity contribution >= 4 is 11.9 Å². The normalized spacial score (nSPS) is 26.7. The molecular formula is C17H22O6. The molecule has 0 N–H and O–H groups in total. The highest BCUT2D eigenvalue weighted by Gasteiger charge is 2.52. The minimum Gasteiger partial charge on any atom is -0.469 e. The number of esters is 2. The quantitative estimate of drug-likeness (QED) is 0.747. The second-order valence-corrected chi connectivity index (χ2v) is 5.78. The Bertz CT molecular complexity index is 543. The molecule has 0 aliphatic carbocycles. The first-order valence-electron chi connectivity index (χ1n) is 7.48. The van der Waals surface area contributed by atoms with Crippen LogP contribution in [0, 0.1) is 5.41 Å². The van der Waals surface area contributed by atoms with Gasteiger partial charge in [-0.2, -0.15) is 0 Å². The predicted molar refractivity (Wildman–Crippen MR) is 81.3 cm³/mol. The van der Waals surface area contributed by atoms with E-state index in [2.05, 4.69) is 0 Å². The maximum atomic E-state index is 12.1. The fraction of sp³-hybridized carbons (Fsp3) is 0.529. The van der Waals surface area contributed by atoms with Crippen LogP contribution in [-0.4, -0.2) is 38.0 Å². The largest absolute Gasteiger partial charge is 0.469 e. The second-order valence-electron chi connectivity index (χ2n) is 5.78. The van der Waals surface area contributed by atoms with Crippen LogP contribution in [0.4, 0.5) is 0 Å². The molecule has 0 saturated carbocycles. The predicted octanol–water partition coefficient (Wildman–Crippen LogP) is 2.06. The zero-order valence-corrected chi connectivity index (χ0v) is 13.6. The molecule has 1 aliphatic rings. The van der Waals surface area contributed by atoms with Crippen molar-refractivity contribution < 1.29 is 28.5 Å². The summed E-state index contributed by atoms with van der Waals surface area (Å²) in [7, 11) is 1.33. The number of carbonyl (C=O) groups excluding carboxylic acids is 2. The Kier molecular flexibility index (Phi) is 5.74. The summed E-state index contributed by atoms with van der Waals surface area (Å²) in [4.78, 5) is 23.2. The Morgan fingerprint density at radius 3 is 2.61 bits per heavy atom. The van der Waals surface area contributed by atoms with E-state index in [9.17, 15) is 9.59 Å². The summed E-state index contributed by atoms with van der Waals surface area (Å²) in [6.07, 6.45) is -1.05. The highest BCUT2D eigenvalue weighted by molar-refractivity contribution is 5.77. The molecule has 1 fully saturated rings. The Morgan fingerprint density at radius 1 is 1.30 bits per heavy atom. The molecule has 1 aromatic carbocycles. The third kappa shape index (κ3) is 4.30. The molecule has 23 heavy (non-hydrogen) atoms. The topological polar surface area (TPSA) is 71.1 Å². The Labute approximate surface area is 135 Å². The van der Waals surface area contributed by atoms with Gasteiger partial charge in [-0.05, 0) is 12.5 Å². The first-order valence-corrected chi connectivity index (χ1v) is 7.48. The third-order valence-corrected chi connectivity index (χ3v) is 3.95. The summed E-state index contributed by atoms with van der Waals surface area (Å²) in [6, 6.07) is 9.70. The molecule has 1 aromatic rings. The van der Waals surface area contributed by atoms with Gasteiger partial charge in [0.05, 0.1) is 25.7 Å². The van der Waals surface area contributed by atoms with E-state index < -0.39 is 29.7 Å². The SMILES string of the molecule is COC(=O)C1(C)C[C@@H](OC(C)=O)O[C@@H]1COCc1ccccc1. The van der Waals surface area contributed by atoms with Gasteiger partial charge in [-0.3, -0.25) is 9.59 Å². The van der Waals surface area contributed by atoms with E-state index in [1.54, 1.807) is 6.92 Å². The number of carbonyl (C=O) groups is 2. The maximum Gasteiger partial charge on any atom is 0.314 e. The van der Waals surface area contributed by atoms with Crippen LogP contribution in [0.5, 0.6) is 0 Å². The molecule has 1 saturated heterocycles. The van der Waals surface area contributed by atoms with E-state index in [1.807, 2.05) is 30.3 Å². The van der Waals surface area contributed by atoms with Gasteiger partial charge in [-0.15, -0.1) is 0 Å². The zero-order valence-electron chi connectivity index (χ0n) is 13.6. The number of hydrogen-bond acceptors (Lipinski definition) is 6. The molecule has 1 heterocycles. The van der Waals surface area contributed by atoms with Gasteiger partial charge in [0.15, 0.2) is 0 Å². The summed E-state index contributed by atoms with van der Waals surface area (Å²) >= 11 is 0. The maximum absolute atomic E-state index is 12.1.